The van der Waals surface area contributed by atoms with Crippen LogP contribution in [0.4, 0.5) is 16.2 Å². The van der Waals surface area contributed by atoms with Gasteiger partial charge in [0.15, 0.2) is 0 Å². The molecule has 3 aromatic rings. The molecule has 0 fully saturated rings. The van der Waals surface area contributed by atoms with E-state index in [1.807, 2.05) is 56.6 Å². The molecule has 0 saturated carbocycles. The molecule has 0 heterocycles. The lowest BCUT2D eigenvalue weighted by Gasteiger charge is -2.12. The predicted octanol–water partition coefficient (Wildman–Crippen LogP) is 4.20. The number of ether oxygens (including phenoxy) is 1. The monoisotopic (exact) mass is 432 g/mol. The molecule has 0 bridgehead atoms. The van der Waals surface area contributed by atoms with Gasteiger partial charge in [-0.15, -0.1) is 0 Å². The number of para-hydroxylation sites is 1. The van der Waals surface area contributed by atoms with Crippen LogP contribution in [0.25, 0.3) is 0 Å². The average molecular weight is 433 g/mol. The largest absolute Gasteiger partial charge is 0.492 e. The summed E-state index contributed by atoms with van der Waals surface area (Å²) in [5, 5.41) is 8.40. The van der Waals surface area contributed by atoms with Gasteiger partial charge in [-0.1, -0.05) is 30.3 Å². The summed E-state index contributed by atoms with van der Waals surface area (Å²) in [6, 6.07) is 23.2. The van der Waals surface area contributed by atoms with Crippen molar-refractivity contribution in [2.45, 2.75) is 6.54 Å². The molecule has 3 rings (SSSR count). The topological polar surface area (TPSA) is 82.7 Å². The molecule has 0 aromatic heterocycles. The molecule has 0 unspecified atom stereocenters. The highest BCUT2D eigenvalue weighted by molar-refractivity contribution is 6.00. The summed E-state index contributed by atoms with van der Waals surface area (Å²) in [4.78, 5) is 26.6. The van der Waals surface area contributed by atoms with Crippen LogP contribution in [-0.2, 0) is 6.54 Å². The van der Waals surface area contributed by atoms with E-state index in [2.05, 4.69) is 20.9 Å². The normalized spacial score (nSPS) is 10.5. The number of nitrogens with zero attached hydrogens (tertiary/aromatic N) is 1. The molecule has 0 radical (unpaired) electrons. The molecule has 7 nitrogen and oxygen atoms in total. The number of hydrogen-bond acceptors (Lipinski definition) is 4. The van der Waals surface area contributed by atoms with Gasteiger partial charge in [0, 0.05) is 30.0 Å². The van der Waals surface area contributed by atoms with E-state index in [1.165, 1.54) is 0 Å². The maximum Gasteiger partial charge on any atom is 0.323 e. The smallest absolute Gasteiger partial charge is 0.323 e. The van der Waals surface area contributed by atoms with Crippen LogP contribution in [0.1, 0.15) is 15.9 Å². The molecule has 0 saturated heterocycles. The molecule has 0 aliphatic heterocycles. The van der Waals surface area contributed by atoms with Gasteiger partial charge in [0.05, 0.1) is 0 Å². The van der Waals surface area contributed by atoms with Crippen LogP contribution in [0.2, 0.25) is 0 Å². The van der Waals surface area contributed by atoms with Crippen LogP contribution in [-0.4, -0.2) is 44.1 Å². The van der Waals surface area contributed by atoms with E-state index in [0.717, 1.165) is 17.9 Å². The van der Waals surface area contributed by atoms with E-state index >= 15 is 0 Å². The number of carbonyl (C=O) groups is 2. The van der Waals surface area contributed by atoms with E-state index < -0.39 is 0 Å². The fourth-order valence-corrected chi connectivity index (χ4v) is 2.90. The number of likely N-dealkylation sites (N-methyl/N-ethyl adjacent to an activating group) is 1. The Morgan fingerprint density at radius 2 is 1.53 bits per heavy atom. The summed E-state index contributed by atoms with van der Waals surface area (Å²) in [5.74, 6) is 0.590. The molecular formula is C25H28N4O3. The van der Waals surface area contributed by atoms with Gasteiger partial charge in [-0.05, 0) is 68.2 Å². The molecule has 0 aliphatic rings. The van der Waals surface area contributed by atoms with Crippen molar-refractivity contribution in [1.82, 2.24) is 10.2 Å². The minimum absolute atomic E-state index is 0.191. The van der Waals surface area contributed by atoms with Crippen LogP contribution >= 0.6 is 0 Å². The molecule has 3 N–H and O–H groups in total. The van der Waals surface area contributed by atoms with Gasteiger partial charge in [0.1, 0.15) is 12.4 Å². The van der Waals surface area contributed by atoms with Crippen LogP contribution in [0.3, 0.4) is 0 Å². The van der Waals surface area contributed by atoms with E-state index in [1.54, 1.807) is 36.4 Å². The molecule has 3 aromatic carbocycles. The Bertz CT molecular complexity index is 1020. The fraction of sp³-hybridized carbons (Fsp3) is 0.200. The van der Waals surface area contributed by atoms with Crippen molar-refractivity contribution in [1.29, 1.82) is 0 Å². The highest BCUT2D eigenvalue weighted by atomic mass is 16.5. The molecule has 32 heavy (non-hydrogen) atoms. The Labute approximate surface area is 188 Å². The zero-order valence-electron chi connectivity index (χ0n) is 18.3. The number of benzene rings is 3. The second kappa shape index (κ2) is 11.5. The molecule has 0 spiro atoms. The first-order valence-corrected chi connectivity index (χ1v) is 10.4. The van der Waals surface area contributed by atoms with Crippen molar-refractivity contribution >= 4 is 23.3 Å². The first kappa shape index (κ1) is 22.8. The third-order valence-corrected chi connectivity index (χ3v) is 4.60. The van der Waals surface area contributed by atoms with Gasteiger partial charge in [0.2, 0.25) is 0 Å². The van der Waals surface area contributed by atoms with E-state index in [9.17, 15) is 9.59 Å². The number of urea groups is 1. The summed E-state index contributed by atoms with van der Waals surface area (Å²) in [5.41, 5.74) is 2.76. The number of nitrogens with one attached hydrogen (secondary N) is 3. The Balaban J connectivity index is 1.48. The van der Waals surface area contributed by atoms with Crippen molar-refractivity contribution in [3.05, 3.63) is 90.0 Å². The lowest BCUT2D eigenvalue weighted by atomic mass is 10.1. The third kappa shape index (κ3) is 7.45. The van der Waals surface area contributed by atoms with Gasteiger partial charge in [-0.2, -0.15) is 0 Å². The number of anilines is 2. The maximum atomic E-state index is 12.5. The highest BCUT2D eigenvalue weighted by Gasteiger charge is 2.07. The quantitative estimate of drug-likeness (QED) is 0.473. The average Bonchev–Trinajstić information content (AvgIpc) is 2.78. The first-order valence-electron chi connectivity index (χ1n) is 10.4. The van der Waals surface area contributed by atoms with E-state index in [4.69, 9.17) is 4.74 Å². The number of amides is 3. The van der Waals surface area contributed by atoms with Crippen molar-refractivity contribution in [3.8, 4) is 5.75 Å². The van der Waals surface area contributed by atoms with Crippen LogP contribution in [0.15, 0.2) is 78.9 Å². The van der Waals surface area contributed by atoms with Crippen molar-refractivity contribution < 1.29 is 14.3 Å². The molecule has 0 aliphatic carbocycles. The number of carbonyl (C=O) groups excluding carboxylic acids is 2. The summed E-state index contributed by atoms with van der Waals surface area (Å²) < 4.78 is 5.74. The lowest BCUT2D eigenvalue weighted by Crippen LogP contribution is -2.23. The van der Waals surface area contributed by atoms with Gasteiger partial charge in [-0.3, -0.25) is 4.79 Å². The molecule has 7 heteroatoms. The Hall–Kier alpha value is -3.84. The number of hydrogen-bond donors (Lipinski definition) is 3. The van der Waals surface area contributed by atoms with Crippen molar-refractivity contribution in [2.24, 2.45) is 0 Å². The zero-order valence-corrected chi connectivity index (χ0v) is 18.3. The lowest BCUT2D eigenvalue weighted by molar-refractivity contribution is 0.0951. The molecule has 3 amide bonds. The summed E-state index contributed by atoms with van der Waals surface area (Å²) in [6.45, 7) is 1.83. The Morgan fingerprint density at radius 1 is 0.844 bits per heavy atom. The first-order chi connectivity index (χ1) is 15.5. The second-order valence-corrected chi connectivity index (χ2v) is 7.50. The fourth-order valence-electron chi connectivity index (χ4n) is 2.90. The van der Waals surface area contributed by atoms with Crippen molar-refractivity contribution in [2.75, 3.05) is 37.9 Å². The van der Waals surface area contributed by atoms with E-state index in [0.29, 0.717) is 30.1 Å². The molecule has 166 valence electrons. The minimum atomic E-state index is -0.346. The van der Waals surface area contributed by atoms with Gasteiger partial charge >= 0.3 is 6.03 Å². The predicted molar refractivity (Wildman–Crippen MR) is 127 cm³/mol. The molecule has 0 atom stereocenters. The van der Waals surface area contributed by atoms with E-state index in [-0.39, 0.29) is 11.9 Å². The Morgan fingerprint density at radius 3 is 2.22 bits per heavy atom. The number of rotatable bonds is 9. The highest BCUT2D eigenvalue weighted by Crippen LogP contribution is 2.14. The minimum Gasteiger partial charge on any atom is -0.492 e. The molecular weight excluding hydrogens is 404 g/mol. The summed E-state index contributed by atoms with van der Waals surface area (Å²) in [7, 11) is 3.99. The Kier molecular flexibility index (Phi) is 8.22. The summed E-state index contributed by atoms with van der Waals surface area (Å²) in [6.07, 6.45) is 0. The third-order valence-electron chi connectivity index (χ3n) is 4.60. The van der Waals surface area contributed by atoms with Crippen LogP contribution < -0.4 is 20.7 Å². The SMILES string of the molecule is CN(C)CCOc1cccc(CNC(=O)c2ccc(NC(=O)Nc3ccccc3)cc2)c1. The standard InChI is InChI=1S/C25H28N4O3/c1-29(2)15-16-32-23-10-6-7-19(17-23)18-26-24(30)20-11-13-22(14-12-20)28-25(31)27-21-8-4-3-5-9-21/h3-14,17H,15-16,18H2,1-2H3,(H,26,30)(H2,27,28,31). The van der Waals surface area contributed by atoms with Gasteiger partial charge in [0.25, 0.3) is 5.91 Å². The zero-order chi connectivity index (χ0) is 22.8. The van der Waals surface area contributed by atoms with Gasteiger partial charge < -0.3 is 25.6 Å². The van der Waals surface area contributed by atoms with Crippen LogP contribution in [0, 0.1) is 0 Å². The summed E-state index contributed by atoms with van der Waals surface area (Å²) >= 11 is 0. The van der Waals surface area contributed by atoms with Crippen LogP contribution in [0.5, 0.6) is 5.75 Å². The van der Waals surface area contributed by atoms with Gasteiger partial charge in [-0.25, -0.2) is 4.79 Å². The second-order valence-electron chi connectivity index (χ2n) is 7.50. The maximum absolute atomic E-state index is 12.5. The van der Waals surface area contributed by atoms with Crippen molar-refractivity contribution in [3.63, 3.8) is 0 Å².